The lowest BCUT2D eigenvalue weighted by Gasteiger charge is -2.05. The summed E-state index contributed by atoms with van der Waals surface area (Å²) in [6, 6.07) is 0. The summed E-state index contributed by atoms with van der Waals surface area (Å²) < 4.78 is 5.86. The Labute approximate surface area is 108 Å². The number of hydrogen-bond donors (Lipinski definition) is 2. The van der Waals surface area contributed by atoms with Crippen LogP contribution < -0.4 is 5.32 Å². The predicted octanol–water partition coefficient (Wildman–Crippen LogP) is 1.77. The zero-order valence-electron chi connectivity index (χ0n) is 10.2. The highest BCUT2D eigenvalue weighted by atomic mass is 32.1. The SMILES string of the molecule is Cc1cnn(CCNc2snc(C)c2C(=O)O)c1. The highest BCUT2D eigenvalue weighted by Crippen LogP contribution is 2.23. The Balaban J connectivity index is 1.96. The molecule has 2 aromatic heterocycles. The van der Waals surface area contributed by atoms with Crippen molar-refractivity contribution in [1.82, 2.24) is 14.2 Å². The summed E-state index contributed by atoms with van der Waals surface area (Å²) in [7, 11) is 0. The fourth-order valence-electron chi connectivity index (χ4n) is 1.62. The highest BCUT2D eigenvalue weighted by Gasteiger charge is 2.16. The molecule has 2 rings (SSSR count). The minimum Gasteiger partial charge on any atom is -0.478 e. The molecule has 0 atom stereocenters. The van der Waals surface area contributed by atoms with E-state index in [2.05, 4.69) is 14.8 Å². The first-order chi connectivity index (χ1) is 8.58. The molecular formula is C11H14N4O2S. The molecule has 6 nitrogen and oxygen atoms in total. The van der Waals surface area contributed by atoms with Crippen molar-refractivity contribution in [1.29, 1.82) is 0 Å². The lowest BCUT2D eigenvalue weighted by molar-refractivity contribution is 0.0697. The molecule has 0 aromatic carbocycles. The lowest BCUT2D eigenvalue weighted by Crippen LogP contribution is -2.12. The van der Waals surface area contributed by atoms with Crippen LogP contribution in [0.4, 0.5) is 5.00 Å². The molecule has 0 fully saturated rings. The third-order valence-electron chi connectivity index (χ3n) is 2.47. The van der Waals surface area contributed by atoms with Crippen LogP contribution in [0.25, 0.3) is 0 Å². The summed E-state index contributed by atoms with van der Waals surface area (Å²) in [5.41, 5.74) is 1.91. The van der Waals surface area contributed by atoms with Gasteiger partial charge in [-0.3, -0.25) is 4.68 Å². The van der Waals surface area contributed by atoms with Gasteiger partial charge in [0.15, 0.2) is 0 Å². The molecule has 0 aliphatic heterocycles. The second-order valence-corrected chi connectivity index (χ2v) is 4.76. The molecular weight excluding hydrogens is 252 g/mol. The zero-order valence-corrected chi connectivity index (χ0v) is 11.0. The number of aromatic nitrogens is 3. The van der Waals surface area contributed by atoms with Gasteiger partial charge in [0.25, 0.3) is 0 Å². The van der Waals surface area contributed by atoms with Gasteiger partial charge in [0.05, 0.1) is 18.4 Å². The van der Waals surface area contributed by atoms with Crippen LogP contribution in [0.1, 0.15) is 21.6 Å². The maximum Gasteiger partial charge on any atom is 0.340 e. The van der Waals surface area contributed by atoms with E-state index < -0.39 is 5.97 Å². The third kappa shape index (κ3) is 2.67. The van der Waals surface area contributed by atoms with Crippen LogP contribution in [0, 0.1) is 13.8 Å². The van der Waals surface area contributed by atoms with Gasteiger partial charge in [0.1, 0.15) is 10.6 Å². The Bertz CT molecular complexity index is 561. The number of carboxylic acids is 1. The lowest BCUT2D eigenvalue weighted by atomic mass is 10.2. The van der Waals surface area contributed by atoms with Crippen molar-refractivity contribution in [3.63, 3.8) is 0 Å². The monoisotopic (exact) mass is 266 g/mol. The second-order valence-electron chi connectivity index (χ2n) is 3.98. The minimum atomic E-state index is -0.946. The quantitative estimate of drug-likeness (QED) is 0.862. The molecule has 2 N–H and O–H groups in total. The largest absolute Gasteiger partial charge is 0.478 e. The smallest absolute Gasteiger partial charge is 0.340 e. The summed E-state index contributed by atoms with van der Waals surface area (Å²) in [4.78, 5) is 11.0. The van der Waals surface area contributed by atoms with Crippen molar-refractivity contribution in [3.8, 4) is 0 Å². The first kappa shape index (κ1) is 12.6. The van der Waals surface area contributed by atoms with Crippen LogP contribution in [0.5, 0.6) is 0 Å². The first-order valence-electron chi connectivity index (χ1n) is 5.50. The number of nitrogens with zero attached hydrogens (tertiary/aromatic N) is 3. The van der Waals surface area contributed by atoms with E-state index in [0.29, 0.717) is 23.8 Å². The van der Waals surface area contributed by atoms with E-state index in [1.54, 1.807) is 13.1 Å². The Morgan fingerprint density at radius 1 is 1.56 bits per heavy atom. The summed E-state index contributed by atoms with van der Waals surface area (Å²) in [5, 5.41) is 16.9. The first-order valence-corrected chi connectivity index (χ1v) is 6.27. The number of rotatable bonds is 5. The molecule has 0 unspecified atom stereocenters. The van der Waals surface area contributed by atoms with E-state index in [1.807, 2.05) is 17.8 Å². The van der Waals surface area contributed by atoms with E-state index in [1.165, 1.54) is 11.5 Å². The average Bonchev–Trinajstić information content (AvgIpc) is 2.86. The highest BCUT2D eigenvalue weighted by molar-refractivity contribution is 7.10. The fraction of sp³-hybridized carbons (Fsp3) is 0.364. The Kier molecular flexibility index (Phi) is 3.61. The van der Waals surface area contributed by atoms with Gasteiger partial charge in [0.2, 0.25) is 0 Å². The van der Waals surface area contributed by atoms with Crippen LogP contribution >= 0.6 is 11.5 Å². The van der Waals surface area contributed by atoms with Crippen molar-refractivity contribution in [2.24, 2.45) is 0 Å². The number of aromatic carboxylic acids is 1. The summed E-state index contributed by atoms with van der Waals surface area (Å²) >= 11 is 1.17. The molecule has 0 saturated carbocycles. The third-order valence-corrected chi connectivity index (χ3v) is 3.36. The minimum absolute atomic E-state index is 0.261. The molecule has 2 aromatic rings. The summed E-state index contributed by atoms with van der Waals surface area (Å²) in [6.45, 7) is 4.97. The van der Waals surface area contributed by atoms with E-state index in [9.17, 15) is 4.79 Å². The Morgan fingerprint density at radius 2 is 2.33 bits per heavy atom. The number of aryl methyl sites for hydroxylation is 2. The normalized spacial score (nSPS) is 10.6. The van der Waals surface area contributed by atoms with E-state index in [-0.39, 0.29) is 5.56 Å². The Morgan fingerprint density at radius 3 is 2.94 bits per heavy atom. The van der Waals surface area contributed by atoms with E-state index >= 15 is 0 Å². The van der Waals surface area contributed by atoms with Gasteiger partial charge in [-0.2, -0.15) is 9.47 Å². The number of carboxylic acid groups (broad SMARTS) is 1. The van der Waals surface area contributed by atoms with Crippen LogP contribution in [0.2, 0.25) is 0 Å². The zero-order chi connectivity index (χ0) is 13.1. The van der Waals surface area contributed by atoms with Crippen molar-refractivity contribution in [2.45, 2.75) is 20.4 Å². The number of hydrogen-bond acceptors (Lipinski definition) is 5. The molecule has 18 heavy (non-hydrogen) atoms. The molecule has 0 spiro atoms. The molecule has 96 valence electrons. The van der Waals surface area contributed by atoms with Gasteiger partial charge in [0, 0.05) is 12.7 Å². The van der Waals surface area contributed by atoms with Crippen LogP contribution in [-0.4, -0.2) is 31.8 Å². The molecule has 0 bridgehead atoms. The van der Waals surface area contributed by atoms with Crippen molar-refractivity contribution in [2.75, 3.05) is 11.9 Å². The van der Waals surface area contributed by atoms with Crippen molar-refractivity contribution >= 4 is 22.5 Å². The maximum atomic E-state index is 11.0. The molecule has 0 aliphatic carbocycles. The molecule has 0 radical (unpaired) electrons. The number of anilines is 1. The fourth-order valence-corrected chi connectivity index (χ4v) is 2.43. The number of carbonyl (C=O) groups is 1. The van der Waals surface area contributed by atoms with E-state index in [4.69, 9.17) is 5.11 Å². The van der Waals surface area contributed by atoms with Gasteiger partial charge >= 0.3 is 5.97 Å². The van der Waals surface area contributed by atoms with Crippen LogP contribution in [-0.2, 0) is 6.54 Å². The molecule has 7 heteroatoms. The van der Waals surface area contributed by atoms with Gasteiger partial charge < -0.3 is 10.4 Å². The van der Waals surface area contributed by atoms with Crippen LogP contribution in [0.3, 0.4) is 0 Å². The summed E-state index contributed by atoms with van der Waals surface area (Å²) in [5.74, 6) is -0.946. The summed E-state index contributed by atoms with van der Waals surface area (Å²) in [6.07, 6.45) is 3.73. The Hall–Kier alpha value is -1.89. The molecule has 0 amide bonds. The van der Waals surface area contributed by atoms with Gasteiger partial charge in [-0.25, -0.2) is 4.79 Å². The van der Waals surface area contributed by atoms with Crippen LogP contribution in [0.15, 0.2) is 12.4 Å². The standard InChI is InChI=1S/C11H14N4O2S/c1-7-5-13-15(6-7)4-3-12-10-9(11(16)17)8(2)14-18-10/h5-6,12H,3-4H2,1-2H3,(H,16,17). The molecule has 2 heterocycles. The molecule has 0 aliphatic rings. The topological polar surface area (TPSA) is 80.0 Å². The van der Waals surface area contributed by atoms with Gasteiger partial charge in [-0.05, 0) is 30.9 Å². The van der Waals surface area contributed by atoms with Gasteiger partial charge in [-0.15, -0.1) is 0 Å². The van der Waals surface area contributed by atoms with Crippen molar-refractivity contribution < 1.29 is 9.90 Å². The van der Waals surface area contributed by atoms with Gasteiger partial charge in [-0.1, -0.05) is 0 Å². The number of nitrogens with one attached hydrogen (secondary N) is 1. The van der Waals surface area contributed by atoms with Crippen molar-refractivity contribution in [3.05, 3.63) is 29.2 Å². The predicted molar refractivity (Wildman–Crippen MR) is 69.3 cm³/mol. The second kappa shape index (κ2) is 5.18. The van der Waals surface area contributed by atoms with E-state index in [0.717, 1.165) is 5.56 Å². The molecule has 0 saturated heterocycles. The maximum absolute atomic E-state index is 11.0. The average molecular weight is 266 g/mol.